The average Bonchev–Trinajstić information content (AvgIpc) is 2.35. The largest absolute Gasteiger partial charge is 0.377 e. The second-order valence-electron chi connectivity index (χ2n) is 5.65. The second-order valence-corrected chi connectivity index (χ2v) is 5.65. The number of likely N-dealkylation sites (tertiary alicyclic amines) is 1. The maximum absolute atomic E-state index is 5.70. The molecule has 0 amide bonds. The van der Waals surface area contributed by atoms with Crippen LogP contribution >= 0.6 is 0 Å². The van der Waals surface area contributed by atoms with Crippen molar-refractivity contribution in [3.63, 3.8) is 0 Å². The molecule has 0 aromatic carbocycles. The average molecular weight is 257 g/mol. The van der Waals surface area contributed by atoms with Gasteiger partial charge in [0.2, 0.25) is 0 Å². The van der Waals surface area contributed by atoms with Gasteiger partial charge in [-0.2, -0.15) is 0 Å². The van der Waals surface area contributed by atoms with Gasteiger partial charge in [0, 0.05) is 26.2 Å². The van der Waals surface area contributed by atoms with Crippen molar-refractivity contribution in [2.24, 2.45) is 11.7 Å². The van der Waals surface area contributed by atoms with Gasteiger partial charge in [0.05, 0.1) is 6.10 Å². The molecule has 1 atom stereocenters. The summed E-state index contributed by atoms with van der Waals surface area (Å²) in [6.45, 7) is 8.30. The molecule has 18 heavy (non-hydrogen) atoms. The van der Waals surface area contributed by atoms with Crippen molar-refractivity contribution in [2.45, 2.75) is 32.3 Å². The highest BCUT2D eigenvalue weighted by Crippen LogP contribution is 2.18. The summed E-state index contributed by atoms with van der Waals surface area (Å²) in [6, 6.07) is 0. The molecule has 1 aliphatic heterocycles. The maximum Gasteiger partial charge on any atom is 0.0709 e. The maximum atomic E-state index is 5.70. The van der Waals surface area contributed by atoms with E-state index in [4.69, 9.17) is 10.5 Å². The van der Waals surface area contributed by atoms with E-state index < -0.39 is 0 Å². The minimum atomic E-state index is 0.245. The zero-order chi connectivity index (χ0) is 13.4. The van der Waals surface area contributed by atoms with Crippen LogP contribution in [0.2, 0.25) is 0 Å². The first-order chi connectivity index (χ1) is 8.65. The summed E-state index contributed by atoms with van der Waals surface area (Å²) in [6.07, 6.45) is 3.98. The van der Waals surface area contributed by atoms with E-state index in [0.717, 1.165) is 25.5 Å². The fourth-order valence-electron chi connectivity index (χ4n) is 2.74. The van der Waals surface area contributed by atoms with Crippen LogP contribution in [-0.4, -0.2) is 69.3 Å². The third-order valence-electron chi connectivity index (χ3n) is 3.76. The van der Waals surface area contributed by atoms with Crippen LogP contribution in [0.15, 0.2) is 0 Å². The van der Waals surface area contributed by atoms with Gasteiger partial charge in [-0.3, -0.25) is 0 Å². The minimum Gasteiger partial charge on any atom is -0.377 e. The van der Waals surface area contributed by atoms with Crippen LogP contribution in [0.4, 0.5) is 0 Å². The molecule has 0 aromatic rings. The predicted octanol–water partition coefficient (Wildman–Crippen LogP) is 1.01. The monoisotopic (exact) mass is 257 g/mol. The van der Waals surface area contributed by atoms with Crippen molar-refractivity contribution in [1.29, 1.82) is 0 Å². The van der Waals surface area contributed by atoms with Gasteiger partial charge in [-0.15, -0.1) is 0 Å². The Morgan fingerprint density at radius 2 is 2.00 bits per heavy atom. The first kappa shape index (κ1) is 15.9. The van der Waals surface area contributed by atoms with Crippen LogP contribution in [0.1, 0.15) is 26.2 Å². The lowest BCUT2D eigenvalue weighted by Crippen LogP contribution is -2.39. The van der Waals surface area contributed by atoms with Crippen molar-refractivity contribution in [3.8, 4) is 0 Å². The van der Waals surface area contributed by atoms with Gasteiger partial charge in [0.25, 0.3) is 0 Å². The summed E-state index contributed by atoms with van der Waals surface area (Å²) in [5, 5.41) is 0. The summed E-state index contributed by atoms with van der Waals surface area (Å²) in [7, 11) is 4.33. The Bertz CT molecular complexity index is 203. The molecule has 0 spiro atoms. The Hall–Kier alpha value is -0.160. The van der Waals surface area contributed by atoms with E-state index in [9.17, 15) is 0 Å². The van der Waals surface area contributed by atoms with Crippen LogP contribution in [0.3, 0.4) is 0 Å². The summed E-state index contributed by atoms with van der Waals surface area (Å²) in [5.74, 6) is 0.883. The smallest absolute Gasteiger partial charge is 0.0709 e. The number of ether oxygens (including phenoxy) is 1. The molecule has 1 heterocycles. The van der Waals surface area contributed by atoms with Crippen LogP contribution in [0.5, 0.6) is 0 Å². The first-order valence-corrected chi connectivity index (χ1v) is 7.34. The van der Waals surface area contributed by atoms with Gasteiger partial charge in [0.1, 0.15) is 0 Å². The standard InChI is InChI=1S/C14H31N3O/c1-4-18-14(11-15)7-10-17-8-5-13(6-9-17)12-16(2)3/h13-14H,4-12,15H2,1-3H3. The molecule has 108 valence electrons. The van der Waals surface area contributed by atoms with Gasteiger partial charge in [0.15, 0.2) is 0 Å². The third kappa shape index (κ3) is 6.14. The number of nitrogens with zero attached hydrogens (tertiary/aromatic N) is 2. The normalized spacial score (nSPS) is 20.5. The molecule has 0 radical (unpaired) electrons. The molecular formula is C14H31N3O. The lowest BCUT2D eigenvalue weighted by Gasteiger charge is -2.33. The fraction of sp³-hybridized carbons (Fsp3) is 1.00. The van der Waals surface area contributed by atoms with Gasteiger partial charge in [-0.1, -0.05) is 0 Å². The zero-order valence-electron chi connectivity index (χ0n) is 12.4. The third-order valence-corrected chi connectivity index (χ3v) is 3.76. The van der Waals surface area contributed by atoms with Crippen molar-refractivity contribution < 1.29 is 4.74 Å². The Labute approximate surface area is 112 Å². The number of nitrogens with two attached hydrogens (primary N) is 1. The van der Waals surface area contributed by atoms with Gasteiger partial charge in [-0.25, -0.2) is 0 Å². The highest BCUT2D eigenvalue weighted by molar-refractivity contribution is 4.74. The Kier molecular flexibility index (Phi) is 7.82. The SMILES string of the molecule is CCOC(CN)CCN1CCC(CN(C)C)CC1. The molecule has 1 saturated heterocycles. The van der Waals surface area contributed by atoms with E-state index in [-0.39, 0.29) is 6.10 Å². The van der Waals surface area contributed by atoms with Crippen LogP contribution < -0.4 is 5.73 Å². The van der Waals surface area contributed by atoms with E-state index in [2.05, 4.69) is 23.9 Å². The van der Waals surface area contributed by atoms with Crippen LogP contribution in [0.25, 0.3) is 0 Å². The molecule has 0 bridgehead atoms. The minimum absolute atomic E-state index is 0.245. The predicted molar refractivity (Wildman–Crippen MR) is 76.8 cm³/mol. The molecule has 1 unspecified atom stereocenters. The van der Waals surface area contributed by atoms with E-state index in [0.29, 0.717) is 6.54 Å². The second kappa shape index (κ2) is 8.86. The number of piperidine rings is 1. The number of rotatable bonds is 8. The lowest BCUT2D eigenvalue weighted by atomic mass is 9.96. The highest BCUT2D eigenvalue weighted by Gasteiger charge is 2.20. The molecule has 1 aliphatic rings. The molecular weight excluding hydrogens is 226 g/mol. The lowest BCUT2D eigenvalue weighted by molar-refractivity contribution is 0.0498. The van der Waals surface area contributed by atoms with E-state index in [1.54, 1.807) is 0 Å². The van der Waals surface area contributed by atoms with Crippen LogP contribution in [-0.2, 0) is 4.74 Å². The Morgan fingerprint density at radius 3 is 2.50 bits per heavy atom. The Morgan fingerprint density at radius 1 is 1.33 bits per heavy atom. The number of hydrogen-bond donors (Lipinski definition) is 1. The summed E-state index contributed by atoms with van der Waals surface area (Å²) >= 11 is 0. The quantitative estimate of drug-likeness (QED) is 0.705. The van der Waals surface area contributed by atoms with E-state index >= 15 is 0 Å². The summed E-state index contributed by atoms with van der Waals surface area (Å²) in [5.41, 5.74) is 5.70. The molecule has 0 aromatic heterocycles. The van der Waals surface area contributed by atoms with Crippen molar-refractivity contribution in [2.75, 3.05) is 53.4 Å². The van der Waals surface area contributed by atoms with Gasteiger partial charge < -0.3 is 20.3 Å². The molecule has 0 aliphatic carbocycles. The summed E-state index contributed by atoms with van der Waals surface area (Å²) < 4.78 is 5.60. The topological polar surface area (TPSA) is 41.7 Å². The fourth-order valence-corrected chi connectivity index (χ4v) is 2.74. The van der Waals surface area contributed by atoms with E-state index in [1.165, 1.54) is 32.5 Å². The molecule has 1 rings (SSSR count). The zero-order valence-corrected chi connectivity index (χ0v) is 12.4. The molecule has 4 heteroatoms. The van der Waals surface area contributed by atoms with Crippen molar-refractivity contribution in [1.82, 2.24) is 9.80 Å². The molecule has 1 fully saturated rings. The highest BCUT2D eigenvalue weighted by atomic mass is 16.5. The van der Waals surface area contributed by atoms with Gasteiger partial charge >= 0.3 is 0 Å². The van der Waals surface area contributed by atoms with Crippen molar-refractivity contribution in [3.05, 3.63) is 0 Å². The van der Waals surface area contributed by atoms with Gasteiger partial charge in [-0.05, 0) is 59.3 Å². The number of hydrogen-bond acceptors (Lipinski definition) is 4. The molecule has 2 N–H and O–H groups in total. The molecule has 0 saturated carbocycles. The molecule has 4 nitrogen and oxygen atoms in total. The van der Waals surface area contributed by atoms with Crippen LogP contribution in [0, 0.1) is 5.92 Å². The summed E-state index contributed by atoms with van der Waals surface area (Å²) in [4.78, 5) is 4.87. The van der Waals surface area contributed by atoms with E-state index in [1.807, 2.05) is 6.92 Å². The Balaban J connectivity index is 2.15. The van der Waals surface area contributed by atoms with Crippen molar-refractivity contribution >= 4 is 0 Å². The first-order valence-electron chi connectivity index (χ1n) is 7.34.